The van der Waals surface area contributed by atoms with Gasteiger partial charge in [0.05, 0.1) is 16.3 Å². The molecule has 1 heterocycles. The van der Waals surface area contributed by atoms with Crippen molar-refractivity contribution in [2.24, 2.45) is 5.73 Å². The van der Waals surface area contributed by atoms with Crippen LogP contribution in [0.1, 0.15) is 6.92 Å². The molecular formula is C10H11N3OS. The van der Waals surface area contributed by atoms with E-state index in [2.05, 4.69) is 10.3 Å². The third kappa shape index (κ3) is 2.14. The molecule has 3 N–H and O–H groups in total. The van der Waals surface area contributed by atoms with Crippen molar-refractivity contribution < 1.29 is 4.79 Å². The largest absolute Gasteiger partial charge is 0.320 e. The van der Waals surface area contributed by atoms with Gasteiger partial charge in [0.2, 0.25) is 5.91 Å². The van der Waals surface area contributed by atoms with Gasteiger partial charge < -0.3 is 11.1 Å². The van der Waals surface area contributed by atoms with E-state index in [1.54, 1.807) is 6.92 Å². The molecule has 78 valence electrons. The van der Waals surface area contributed by atoms with E-state index in [9.17, 15) is 4.79 Å². The Labute approximate surface area is 91.1 Å². The second kappa shape index (κ2) is 3.96. The topological polar surface area (TPSA) is 68.0 Å². The molecule has 4 nitrogen and oxygen atoms in total. The van der Waals surface area contributed by atoms with Crippen LogP contribution in [0.25, 0.3) is 10.2 Å². The van der Waals surface area contributed by atoms with E-state index in [-0.39, 0.29) is 5.91 Å². The summed E-state index contributed by atoms with van der Waals surface area (Å²) in [5.74, 6) is -0.214. The quantitative estimate of drug-likeness (QED) is 0.809. The number of nitrogens with two attached hydrogens (primary N) is 1. The number of carbonyl (C=O) groups excluding carboxylic acids is 1. The van der Waals surface area contributed by atoms with Crippen LogP contribution >= 0.6 is 11.3 Å². The summed E-state index contributed by atoms with van der Waals surface area (Å²) in [4.78, 5) is 15.6. The highest BCUT2D eigenvalue weighted by atomic mass is 32.1. The van der Waals surface area contributed by atoms with Crippen LogP contribution < -0.4 is 11.1 Å². The first-order valence-corrected chi connectivity index (χ1v) is 5.40. The number of hydrogen-bond donors (Lipinski definition) is 2. The Balaban J connectivity index is 2.26. The molecule has 0 aliphatic carbocycles. The number of para-hydroxylation sites is 1. The number of fused-ring (bicyclic) bond motifs is 1. The summed E-state index contributed by atoms with van der Waals surface area (Å²) in [5.41, 5.74) is 6.33. The zero-order valence-electron chi connectivity index (χ0n) is 8.23. The molecule has 1 atom stereocenters. The first kappa shape index (κ1) is 10.1. The van der Waals surface area contributed by atoms with E-state index in [0.717, 1.165) is 10.2 Å². The molecule has 0 saturated carbocycles. The molecule has 0 bridgehead atoms. The fourth-order valence-electron chi connectivity index (χ4n) is 1.14. The fraction of sp³-hybridized carbons (Fsp3) is 0.200. The molecular weight excluding hydrogens is 210 g/mol. The molecule has 0 spiro atoms. The molecule has 0 aliphatic heterocycles. The molecule has 5 heteroatoms. The highest BCUT2D eigenvalue weighted by molar-refractivity contribution is 7.22. The lowest BCUT2D eigenvalue weighted by Gasteiger charge is -2.02. The van der Waals surface area contributed by atoms with E-state index in [4.69, 9.17) is 5.73 Å². The monoisotopic (exact) mass is 221 g/mol. The Hall–Kier alpha value is -1.46. The molecule has 0 saturated heterocycles. The first-order chi connectivity index (χ1) is 7.16. The minimum atomic E-state index is -0.517. The molecule has 1 amide bonds. The predicted molar refractivity (Wildman–Crippen MR) is 61.9 cm³/mol. The number of amides is 1. The van der Waals surface area contributed by atoms with E-state index >= 15 is 0 Å². The molecule has 2 rings (SSSR count). The van der Waals surface area contributed by atoms with E-state index in [1.165, 1.54) is 11.3 Å². The van der Waals surface area contributed by atoms with Crippen molar-refractivity contribution in [1.82, 2.24) is 4.98 Å². The predicted octanol–water partition coefficient (Wildman–Crippen LogP) is 1.58. The number of aromatic nitrogens is 1. The minimum absolute atomic E-state index is 0.214. The number of benzene rings is 1. The van der Waals surface area contributed by atoms with Gasteiger partial charge in [-0.3, -0.25) is 4.79 Å². The van der Waals surface area contributed by atoms with Crippen LogP contribution in [0.4, 0.5) is 5.13 Å². The summed E-state index contributed by atoms with van der Waals surface area (Å²) in [7, 11) is 0. The van der Waals surface area contributed by atoms with Crippen LogP contribution in [0.3, 0.4) is 0 Å². The summed E-state index contributed by atoms with van der Waals surface area (Å²) in [6.07, 6.45) is 0. The van der Waals surface area contributed by atoms with Gasteiger partial charge >= 0.3 is 0 Å². The highest BCUT2D eigenvalue weighted by Crippen LogP contribution is 2.25. The lowest BCUT2D eigenvalue weighted by atomic mass is 10.3. The van der Waals surface area contributed by atoms with Gasteiger partial charge in [0.25, 0.3) is 0 Å². The second-order valence-corrected chi connectivity index (χ2v) is 4.30. The lowest BCUT2D eigenvalue weighted by Crippen LogP contribution is -2.32. The molecule has 0 radical (unpaired) electrons. The third-order valence-corrected chi connectivity index (χ3v) is 2.89. The molecule has 0 unspecified atom stereocenters. The van der Waals surface area contributed by atoms with Crippen LogP contribution in [0.5, 0.6) is 0 Å². The van der Waals surface area contributed by atoms with Crippen molar-refractivity contribution in [2.75, 3.05) is 5.32 Å². The zero-order chi connectivity index (χ0) is 10.8. The number of nitrogens with one attached hydrogen (secondary N) is 1. The zero-order valence-corrected chi connectivity index (χ0v) is 9.04. The third-order valence-electron chi connectivity index (χ3n) is 1.94. The SMILES string of the molecule is C[C@@H](N)C(=O)Nc1nc2ccccc2s1. The van der Waals surface area contributed by atoms with Crippen molar-refractivity contribution >= 4 is 32.6 Å². The Bertz CT molecular complexity index is 459. The van der Waals surface area contributed by atoms with Crippen molar-refractivity contribution in [1.29, 1.82) is 0 Å². The number of hydrogen-bond acceptors (Lipinski definition) is 4. The average molecular weight is 221 g/mol. The van der Waals surface area contributed by atoms with Crippen LogP contribution in [0.2, 0.25) is 0 Å². The van der Waals surface area contributed by atoms with Crippen molar-refractivity contribution in [3.63, 3.8) is 0 Å². The first-order valence-electron chi connectivity index (χ1n) is 4.59. The Morgan fingerprint density at radius 2 is 2.27 bits per heavy atom. The molecule has 0 aliphatic rings. The molecule has 15 heavy (non-hydrogen) atoms. The fourth-order valence-corrected chi connectivity index (χ4v) is 2.01. The summed E-state index contributed by atoms with van der Waals surface area (Å²) < 4.78 is 1.05. The van der Waals surface area contributed by atoms with Gasteiger partial charge in [0.15, 0.2) is 5.13 Å². The highest BCUT2D eigenvalue weighted by Gasteiger charge is 2.10. The molecule has 2 aromatic rings. The van der Waals surface area contributed by atoms with Gasteiger partial charge in [-0.05, 0) is 19.1 Å². The van der Waals surface area contributed by atoms with Crippen molar-refractivity contribution in [3.05, 3.63) is 24.3 Å². The van der Waals surface area contributed by atoms with Gasteiger partial charge in [-0.15, -0.1) is 0 Å². The maximum atomic E-state index is 11.3. The number of carbonyl (C=O) groups is 1. The van der Waals surface area contributed by atoms with Crippen LogP contribution in [0.15, 0.2) is 24.3 Å². The summed E-state index contributed by atoms with van der Waals surface area (Å²) in [6, 6.07) is 7.22. The summed E-state index contributed by atoms with van der Waals surface area (Å²) in [5, 5.41) is 3.27. The van der Waals surface area contributed by atoms with E-state index in [0.29, 0.717) is 5.13 Å². The van der Waals surface area contributed by atoms with E-state index in [1.807, 2.05) is 24.3 Å². The Morgan fingerprint density at radius 1 is 1.53 bits per heavy atom. The molecule has 1 aromatic heterocycles. The number of thiazole rings is 1. The number of rotatable bonds is 2. The van der Waals surface area contributed by atoms with Crippen molar-refractivity contribution in [2.45, 2.75) is 13.0 Å². The maximum Gasteiger partial charge on any atom is 0.242 e. The van der Waals surface area contributed by atoms with Gasteiger partial charge in [0, 0.05) is 0 Å². The molecule has 0 fully saturated rings. The van der Waals surface area contributed by atoms with Crippen LogP contribution in [0, 0.1) is 0 Å². The molecule has 1 aromatic carbocycles. The smallest absolute Gasteiger partial charge is 0.242 e. The van der Waals surface area contributed by atoms with Gasteiger partial charge in [-0.2, -0.15) is 0 Å². The second-order valence-electron chi connectivity index (χ2n) is 3.26. The minimum Gasteiger partial charge on any atom is -0.320 e. The van der Waals surface area contributed by atoms with Gasteiger partial charge in [-0.25, -0.2) is 4.98 Å². The summed E-state index contributed by atoms with van der Waals surface area (Å²) in [6.45, 7) is 1.64. The average Bonchev–Trinajstić information content (AvgIpc) is 2.59. The Kier molecular flexibility index (Phi) is 2.66. The Morgan fingerprint density at radius 3 is 2.93 bits per heavy atom. The standard InChI is InChI=1S/C10H11N3OS/c1-6(11)9(14)13-10-12-7-4-2-3-5-8(7)15-10/h2-6H,11H2,1H3,(H,12,13,14)/t6-/m1/s1. The number of anilines is 1. The van der Waals surface area contributed by atoms with Crippen LogP contribution in [-0.2, 0) is 4.79 Å². The van der Waals surface area contributed by atoms with E-state index < -0.39 is 6.04 Å². The van der Waals surface area contributed by atoms with Gasteiger partial charge in [-0.1, -0.05) is 23.5 Å². The lowest BCUT2D eigenvalue weighted by molar-refractivity contribution is -0.117. The van der Waals surface area contributed by atoms with Crippen molar-refractivity contribution in [3.8, 4) is 0 Å². The number of nitrogens with zero attached hydrogens (tertiary/aromatic N) is 1. The normalized spacial score (nSPS) is 12.7. The van der Waals surface area contributed by atoms with Gasteiger partial charge in [0.1, 0.15) is 0 Å². The van der Waals surface area contributed by atoms with Crippen LogP contribution in [-0.4, -0.2) is 16.9 Å². The maximum absolute atomic E-state index is 11.3. The summed E-state index contributed by atoms with van der Waals surface area (Å²) >= 11 is 1.44.